The monoisotopic (exact) mass is 301 g/mol. The van der Waals surface area contributed by atoms with Crippen LogP contribution in [-0.4, -0.2) is 42.4 Å². The van der Waals surface area contributed by atoms with Crippen molar-refractivity contribution in [2.24, 2.45) is 13.0 Å². The van der Waals surface area contributed by atoms with Crippen LogP contribution in [0.2, 0.25) is 0 Å². The third kappa shape index (κ3) is 3.13. The molecule has 1 aliphatic heterocycles. The van der Waals surface area contributed by atoms with Crippen LogP contribution in [-0.2, 0) is 13.6 Å². The number of aliphatic hydroxyl groups is 1. The summed E-state index contributed by atoms with van der Waals surface area (Å²) in [7, 11) is 1.93. The number of hydrogen-bond acceptors (Lipinski definition) is 4. The van der Waals surface area contributed by atoms with E-state index in [1.54, 1.807) is 17.1 Å². The molecule has 1 N–H and O–H groups in total. The van der Waals surface area contributed by atoms with E-state index in [4.69, 9.17) is 0 Å². The van der Waals surface area contributed by atoms with Gasteiger partial charge in [0.05, 0.1) is 6.20 Å². The molecule has 0 unspecified atom stereocenters. The Hall–Kier alpha value is -1.92. The van der Waals surface area contributed by atoms with E-state index < -0.39 is 6.10 Å². The van der Waals surface area contributed by atoms with E-state index >= 15 is 0 Å². The normalized spacial score (nSPS) is 20.9. The van der Waals surface area contributed by atoms with Gasteiger partial charge in [0.2, 0.25) is 0 Å². The van der Waals surface area contributed by atoms with Gasteiger partial charge < -0.3 is 9.67 Å². The molecule has 6 nitrogen and oxygen atoms in total. The first-order valence-electron chi connectivity index (χ1n) is 7.70. The fourth-order valence-corrected chi connectivity index (χ4v) is 3.18. The summed E-state index contributed by atoms with van der Waals surface area (Å²) < 4.78 is 3.62. The second kappa shape index (κ2) is 6.46. The minimum Gasteiger partial charge on any atom is -0.385 e. The van der Waals surface area contributed by atoms with E-state index in [2.05, 4.69) is 21.6 Å². The van der Waals surface area contributed by atoms with Crippen molar-refractivity contribution < 1.29 is 5.11 Å². The molecule has 2 atom stereocenters. The zero-order chi connectivity index (χ0) is 15.5. The number of aliphatic hydroxyl groups excluding tert-OH is 1. The number of hydrogen-bond donors (Lipinski definition) is 1. The first-order chi connectivity index (χ1) is 10.7. The van der Waals surface area contributed by atoms with Gasteiger partial charge in [0.15, 0.2) is 0 Å². The lowest BCUT2D eigenvalue weighted by atomic mass is 9.92. The first-order valence-corrected chi connectivity index (χ1v) is 7.70. The molecular weight excluding hydrogens is 278 g/mol. The summed E-state index contributed by atoms with van der Waals surface area (Å²) >= 11 is 0. The molecule has 0 amide bonds. The molecule has 0 bridgehead atoms. The van der Waals surface area contributed by atoms with Crippen LogP contribution in [0, 0.1) is 5.92 Å². The molecule has 118 valence electrons. The van der Waals surface area contributed by atoms with Gasteiger partial charge >= 0.3 is 0 Å². The lowest BCUT2D eigenvalue weighted by molar-refractivity contribution is 0.0405. The molecule has 1 fully saturated rings. The smallest absolute Gasteiger partial charge is 0.137 e. The standard InChI is InChI=1S/C16H23N5O/c1-3-21-11-13(9-18-21)10-20-7-4-5-14(12-20)15(22)16-17-6-8-19(16)2/h3,6,8-9,11,14-15,22H,1,4-5,7,10,12H2,2H3/t14-,15-/m0/s1. The summed E-state index contributed by atoms with van der Waals surface area (Å²) in [6.45, 7) is 6.51. The summed E-state index contributed by atoms with van der Waals surface area (Å²) in [6.07, 6.45) is 10.8. The largest absolute Gasteiger partial charge is 0.385 e. The second-order valence-electron chi connectivity index (χ2n) is 5.99. The van der Waals surface area contributed by atoms with Gasteiger partial charge in [-0.3, -0.25) is 4.90 Å². The number of nitrogens with zero attached hydrogens (tertiary/aromatic N) is 5. The highest BCUT2D eigenvalue weighted by Gasteiger charge is 2.29. The van der Waals surface area contributed by atoms with Gasteiger partial charge in [0, 0.05) is 56.4 Å². The van der Waals surface area contributed by atoms with Crippen molar-refractivity contribution in [2.75, 3.05) is 13.1 Å². The molecule has 0 aromatic carbocycles. The Morgan fingerprint density at radius 2 is 2.41 bits per heavy atom. The SMILES string of the molecule is C=Cn1cc(CN2CCC[C@H]([C@H](O)c3nccn3C)C2)cn1. The third-order valence-electron chi connectivity index (χ3n) is 4.36. The predicted molar refractivity (Wildman–Crippen MR) is 84.8 cm³/mol. The number of imidazole rings is 1. The van der Waals surface area contributed by atoms with Gasteiger partial charge in [0.25, 0.3) is 0 Å². The van der Waals surface area contributed by atoms with E-state index in [0.29, 0.717) is 0 Å². The average Bonchev–Trinajstić information content (AvgIpc) is 3.15. The number of piperidine rings is 1. The Bertz CT molecular complexity index is 632. The highest BCUT2D eigenvalue weighted by Crippen LogP contribution is 2.29. The quantitative estimate of drug-likeness (QED) is 0.912. The lowest BCUT2D eigenvalue weighted by Crippen LogP contribution is -2.37. The van der Waals surface area contributed by atoms with Crippen LogP contribution in [0.15, 0.2) is 31.4 Å². The van der Waals surface area contributed by atoms with Crippen LogP contribution >= 0.6 is 0 Å². The molecule has 3 rings (SSSR count). The number of rotatable bonds is 5. The van der Waals surface area contributed by atoms with Gasteiger partial charge in [-0.25, -0.2) is 9.67 Å². The molecule has 0 saturated carbocycles. The van der Waals surface area contributed by atoms with Gasteiger partial charge in [-0.1, -0.05) is 6.58 Å². The Labute approximate surface area is 130 Å². The van der Waals surface area contributed by atoms with Crippen molar-refractivity contribution in [1.82, 2.24) is 24.2 Å². The summed E-state index contributed by atoms with van der Waals surface area (Å²) in [5.74, 6) is 0.982. The fraction of sp³-hybridized carbons (Fsp3) is 0.500. The molecule has 2 aromatic heterocycles. The molecule has 0 radical (unpaired) electrons. The lowest BCUT2D eigenvalue weighted by Gasteiger charge is -2.34. The summed E-state index contributed by atoms with van der Waals surface area (Å²) in [5.41, 5.74) is 1.17. The maximum absolute atomic E-state index is 10.6. The Morgan fingerprint density at radius 1 is 1.55 bits per heavy atom. The van der Waals surface area contributed by atoms with Crippen molar-refractivity contribution in [1.29, 1.82) is 0 Å². The van der Waals surface area contributed by atoms with Gasteiger partial charge in [-0.05, 0) is 19.4 Å². The highest BCUT2D eigenvalue weighted by atomic mass is 16.3. The Kier molecular flexibility index (Phi) is 4.40. The first kappa shape index (κ1) is 15.0. The zero-order valence-corrected chi connectivity index (χ0v) is 13.0. The van der Waals surface area contributed by atoms with Crippen LogP contribution in [0.4, 0.5) is 0 Å². The van der Waals surface area contributed by atoms with Gasteiger partial charge in [0.1, 0.15) is 11.9 Å². The second-order valence-corrected chi connectivity index (χ2v) is 5.99. The van der Waals surface area contributed by atoms with E-state index in [0.717, 1.165) is 38.3 Å². The molecular formula is C16H23N5O. The third-order valence-corrected chi connectivity index (χ3v) is 4.36. The average molecular weight is 301 g/mol. The van der Waals surface area contributed by atoms with Crippen molar-refractivity contribution in [2.45, 2.75) is 25.5 Å². The zero-order valence-electron chi connectivity index (χ0n) is 13.0. The van der Waals surface area contributed by atoms with Crippen LogP contribution in [0.5, 0.6) is 0 Å². The topological polar surface area (TPSA) is 59.1 Å². The van der Waals surface area contributed by atoms with E-state index in [-0.39, 0.29) is 5.92 Å². The number of aromatic nitrogens is 4. The Morgan fingerprint density at radius 3 is 3.09 bits per heavy atom. The maximum atomic E-state index is 10.6. The van der Waals surface area contributed by atoms with Crippen LogP contribution < -0.4 is 0 Å². The summed E-state index contributed by atoms with van der Waals surface area (Å²) in [5, 5.41) is 14.8. The van der Waals surface area contributed by atoms with Gasteiger partial charge in [-0.2, -0.15) is 5.10 Å². The molecule has 22 heavy (non-hydrogen) atoms. The fourth-order valence-electron chi connectivity index (χ4n) is 3.18. The minimum absolute atomic E-state index is 0.226. The molecule has 1 saturated heterocycles. The van der Waals surface area contributed by atoms with Crippen molar-refractivity contribution in [3.8, 4) is 0 Å². The minimum atomic E-state index is -0.501. The van der Waals surface area contributed by atoms with Crippen molar-refractivity contribution in [3.05, 3.63) is 42.8 Å². The maximum Gasteiger partial charge on any atom is 0.137 e. The number of aryl methyl sites for hydroxylation is 1. The molecule has 0 spiro atoms. The van der Waals surface area contributed by atoms with E-state index in [9.17, 15) is 5.11 Å². The van der Waals surface area contributed by atoms with Crippen LogP contribution in [0.1, 0.15) is 30.3 Å². The van der Waals surface area contributed by atoms with Crippen molar-refractivity contribution >= 4 is 6.20 Å². The van der Waals surface area contributed by atoms with E-state index in [1.807, 2.05) is 30.2 Å². The predicted octanol–water partition coefficient (Wildman–Crippen LogP) is 1.66. The van der Waals surface area contributed by atoms with Gasteiger partial charge in [-0.15, -0.1) is 0 Å². The van der Waals surface area contributed by atoms with Crippen LogP contribution in [0.3, 0.4) is 0 Å². The Balaban J connectivity index is 1.63. The van der Waals surface area contributed by atoms with Crippen LogP contribution in [0.25, 0.3) is 6.20 Å². The highest BCUT2D eigenvalue weighted by molar-refractivity contribution is 5.17. The molecule has 0 aliphatic carbocycles. The molecule has 1 aliphatic rings. The molecule has 3 heterocycles. The summed E-state index contributed by atoms with van der Waals surface area (Å²) in [6, 6.07) is 0. The number of likely N-dealkylation sites (tertiary alicyclic amines) is 1. The van der Waals surface area contributed by atoms with E-state index in [1.165, 1.54) is 5.56 Å². The molecule has 2 aromatic rings. The molecule has 6 heteroatoms. The van der Waals surface area contributed by atoms with Crippen molar-refractivity contribution in [3.63, 3.8) is 0 Å². The summed E-state index contributed by atoms with van der Waals surface area (Å²) in [4.78, 5) is 6.66.